The number of hydrogen-bond donors (Lipinski definition) is 2. The molecule has 0 spiro atoms. The van der Waals surface area contributed by atoms with Gasteiger partial charge in [0, 0.05) is 12.8 Å². The van der Waals surface area contributed by atoms with Crippen molar-refractivity contribution in [3.63, 3.8) is 0 Å². The molecule has 0 atom stereocenters. The van der Waals surface area contributed by atoms with E-state index in [0.29, 0.717) is 18.6 Å². The number of aliphatic carboxylic acids is 1. The number of rotatable bonds is 13. The van der Waals surface area contributed by atoms with Crippen molar-refractivity contribution in [3.05, 3.63) is 36.1 Å². The highest BCUT2D eigenvalue weighted by Crippen LogP contribution is 2.07. The number of hydrogen-bond acceptors (Lipinski definition) is 2. The van der Waals surface area contributed by atoms with E-state index in [0.717, 1.165) is 38.5 Å². The average molecular weight is 294 g/mol. The van der Waals surface area contributed by atoms with Crippen LogP contribution < -0.4 is 0 Å². The second-order valence-corrected chi connectivity index (χ2v) is 5.16. The Morgan fingerprint density at radius 1 is 0.857 bits per heavy atom. The maximum atomic E-state index is 10.3. The normalized spacial score (nSPS) is 12.5. The third kappa shape index (κ3) is 16.4. The van der Waals surface area contributed by atoms with Gasteiger partial charge in [0.25, 0.3) is 0 Å². The fraction of sp³-hybridized carbons (Fsp3) is 0.611. The maximum absolute atomic E-state index is 10.3. The third-order valence-corrected chi connectivity index (χ3v) is 3.22. The molecule has 0 fully saturated rings. The topological polar surface area (TPSA) is 57.5 Å². The summed E-state index contributed by atoms with van der Waals surface area (Å²) in [6.07, 6.45) is 19.6. The smallest absolute Gasteiger partial charge is 0.303 e. The van der Waals surface area contributed by atoms with Gasteiger partial charge in [-0.1, -0.05) is 50.5 Å². The number of carbonyl (C=O) groups is 1. The summed E-state index contributed by atoms with van der Waals surface area (Å²) in [6, 6.07) is 0. The SMILES string of the molecule is CC/C(O)=C/C/C=C\C/C=C\CCCCCCCC(=O)O. The fourth-order valence-corrected chi connectivity index (χ4v) is 1.90. The van der Waals surface area contributed by atoms with E-state index in [-0.39, 0.29) is 0 Å². The summed E-state index contributed by atoms with van der Waals surface area (Å²) < 4.78 is 0. The van der Waals surface area contributed by atoms with Crippen molar-refractivity contribution in [1.82, 2.24) is 0 Å². The molecule has 0 saturated heterocycles. The lowest BCUT2D eigenvalue weighted by Gasteiger charge is -1.98. The first kappa shape index (κ1) is 19.5. The van der Waals surface area contributed by atoms with Crippen molar-refractivity contribution < 1.29 is 15.0 Å². The van der Waals surface area contributed by atoms with E-state index in [1.807, 2.05) is 13.0 Å². The van der Waals surface area contributed by atoms with Gasteiger partial charge in [0.2, 0.25) is 0 Å². The van der Waals surface area contributed by atoms with Gasteiger partial charge in [-0.15, -0.1) is 0 Å². The fourth-order valence-electron chi connectivity index (χ4n) is 1.90. The van der Waals surface area contributed by atoms with E-state index in [1.165, 1.54) is 12.8 Å². The lowest BCUT2D eigenvalue weighted by Crippen LogP contribution is -1.93. The molecule has 0 bridgehead atoms. The van der Waals surface area contributed by atoms with Crippen molar-refractivity contribution >= 4 is 5.97 Å². The van der Waals surface area contributed by atoms with Gasteiger partial charge in [-0.2, -0.15) is 0 Å². The molecule has 0 unspecified atom stereocenters. The van der Waals surface area contributed by atoms with Crippen molar-refractivity contribution in [1.29, 1.82) is 0 Å². The summed E-state index contributed by atoms with van der Waals surface area (Å²) in [7, 11) is 0. The van der Waals surface area contributed by atoms with Gasteiger partial charge in [0.05, 0.1) is 5.76 Å². The van der Waals surface area contributed by atoms with Crippen LogP contribution in [0.4, 0.5) is 0 Å². The van der Waals surface area contributed by atoms with Crippen LogP contribution in [-0.2, 0) is 4.79 Å². The highest BCUT2D eigenvalue weighted by Gasteiger charge is 1.95. The summed E-state index contributed by atoms with van der Waals surface area (Å²) in [4.78, 5) is 10.3. The predicted molar refractivity (Wildman–Crippen MR) is 88.5 cm³/mol. The second kappa shape index (κ2) is 14.9. The van der Waals surface area contributed by atoms with E-state index in [1.54, 1.807) is 0 Å². The molecule has 2 N–H and O–H groups in total. The van der Waals surface area contributed by atoms with E-state index in [2.05, 4.69) is 24.3 Å². The van der Waals surface area contributed by atoms with Gasteiger partial charge in [0.1, 0.15) is 0 Å². The van der Waals surface area contributed by atoms with Gasteiger partial charge in [-0.05, 0) is 38.2 Å². The van der Waals surface area contributed by atoms with Gasteiger partial charge >= 0.3 is 5.97 Å². The van der Waals surface area contributed by atoms with E-state index < -0.39 is 5.97 Å². The Hall–Kier alpha value is -1.51. The Morgan fingerprint density at radius 2 is 1.48 bits per heavy atom. The number of unbranched alkanes of at least 4 members (excludes halogenated alkanes) is 5. The van der Waals surface area contributed by atoms with Crippen LogP contribution in [0.2, 0.25) is 0 Å². The van der Waals surface area contributed by atoms with Crippen molar-refractivity contribution in [2.24, 2.45) is 0 Å². The monoisotopic (exact) mass is 294 g/mol. The van der Waals surface area contributed by atoms with Crippen LogP contribution in [-0.4, -0.2) is 16.2 Å². The molecule has 3 heteroatoms. The quantitative estimate of drug-likeness (QED) is 0.266. The third-order valence-electron chi connectivity index (χ3n) is 3.22. The number of aliphatic hydroxyl groups excluding tert-OH is 1. The molecule has 0 aliphatic carbocycles. The molecule has 120 valence electrons. The minimum atomic E-state index is -0.689. The Labute approximate surface area is 129 Å². The molecule has 0 rings (SSSR count). The zero-order valence-electron chi connectivity index (χ0n) is 13.3. The number of carboxylic acids is 1. The summed E-state index contributed by atoms with van der Waals surface area (Å²) >= 11 is 0. The second-order valence-electron chi connectivity index (χ2n) is 5.16. The van der Waals surface area contributed by atoms with E-state index in [4.69, 9.17) is 5.11 Å². The summed E-state index contributed by atoms with van der Waals surface area (Å²) in [5.74, 6) is -0.232. The Bertz CT molecular complexity index is 340. The first-order chi connectivity index (χ1) is 10.2. The van der Waals surface area contributed by atoms with Crippen LogP contribution in [0, 0.1) is 0 Å². The molecular weight excluding hydrogens is 264 g/mol. The van der Waals surface area contributed by atoms with Gasteiger partial charge in [-0.25, -0.2) is 0 Å². The van der Waals surface area contributed by atoms with Gasteiger partial charge in [-0.3, -0.25) is 4.79 Å². The van der Waals surface area contributed by atoms with Gasteiger partial charge < -0.3 is 10.2 Å². The highest BCUT2D eigenvalue weighted by molar-refractivity contribution is 5.66. The number of carboxylic acid groups (broad SMARTS) is 1. The van der Waals surface area contributed by atoms with Crippen LogP contribution in [0.25, 0.3) is 0 Å². The Balaban J connectivity index is 3.33. The first-order valence-corrected chi connectivity index (χ1v) is 8.06. The number of aliphatic hydroxyl groups is 1. The van der Waals surface area contributed by atoms with Crippen LogP contribution in [0.15, 0.2) is 36.1 Å². The molecule has 0 aliphatic heterocycles. The zero-order chi connectivity index (χ0) is 15.8. The van der Waals surface area contributed by atoms with Crippen molar-refractivity contribution in [3.8, 4) is 0 Å². The standard InChI is InChI=1S/C18H30O3/c1-2-17(19)15-13-11-9-7-5-3-4-6-8-10-12-14-16-18(20)21/h3,5,9,11,15,19H,2,4,6-8,10,12-14,16H2,1H3,(H,20,21)/b5-3-,11-9-,17-15-. The molecule has 0 radical (unpaired) electrons. The first-order valence-electron chi connectivity index (χ1n) is 8.06. The maximum Gasteiger partial charge on any atom is 0.303 e. The molecule has 0 aromatic carbocycles. The van der Waals surface area contributed by atoms with Crippen molar-refractivity contribution in [2.75, 3.05) is 0 Å². The van der Waals surface area contributed by atoms with Crippen LogP contribution in [0.3, 0.4) is 0 Å². The molecule has 3 nitrogen and oxygen atoms in total. The molecule has 21 heavy (non-hydrogen) atoms. The van der Waals surface area contributed by atoms with Crippen LogP contribution in [0.5, 0.6) is 0 Å². The highest BCUT2D eigenvalue weighted by atomic mass is 16.4. The largest absolute Gasteiger partial charge is 0.513 e. The summed E-state index contributed by atoms with van der Waals surface area (Å²) in [5, 5.41) is 17.7. The van der Waals surface area contributed by atoms with E-state index >= 15 is 0 Å². The molecular formula is C18H30O3. The molecule has 0 aliphatic rings. The van der Waals surface area contributed by atoms with Crippen molar-refractivity contribution in [2.45, 2.75) is 71.1 Å². The Morgan fingerprint density at radius 3 is 2.19 bits per heavy atom. The minimum absolute atomic E-state index is 0.303. The average Bonchev–Trinajstić information content (AvgIpc) is 2.46. The van der Waals surface area contributed by atoms with Crippen LogP contribution >= 0.6 is 0 Å². The predicted octanol–water partition coefficient (Wildman–Crippen LogP) is 5.55. The molecule has 0 saturated carbocycles. The van der Waals surface area contributed by atoms with E-state index in [9.17, 15) is 9.90 Å². The molecule has 0 heterocycles. The summed E-state index contributed by atoms with van der Waals surface area (Å²) in [6.45, 7) is 1.93. The summed E-state index contributed by atoms with van der Waals surface area (Å²) in [5.41, 5.74) is 0. The number of allylic oxidation sites excluding steroid dienone is 6. The zero-order valence-corrected chi connectivity index (χ0v) is 13.3. The van der Waals surface area contributed by atoms with Gasteiger partial charge in [0.15, 0.2) is 0 Å². The van der Waals surface area contributed by atoms with Crippen LogP contribution in [0.1, 0.15) is 71.1 Å². The molecule has 0 aromatic heterocycles. The lowest BCUT2D eigenvalue weighted by molar-refractivity contribution is -0.137. The molecule has 0 amide bonds. The Kier molecular flexibility index (Phi) is 13.8. The lowest BCUT2D eigenvalue weighted by atomic mass is 10.1. The molecule has 0 aromatic rings. The minimum Gasteiger partial charge on any atom is -0.513 e.